The van der Waals surface area contributed by atoms with Gasteiger partial charge in [0.2, 0.25) is 5.90 Å². The second-order valence-corrected chi connectivity index (χ2v) is 4.20. The molecule has 1 atom stereocenters. The molecule has 16 heavy (non-hydrogen) atoms. The van der Waals surface area contributed by atoms with Crippen LogP contribution in [0.3, 0.4) is 0 Å². The van der Waals surface area contributed by atoms with Crippen LogP contribution in [0.15, 0.2) is 29.3 Å². The average Bonchev–Trinajstić information content (AvgIpc) is 2.75. The van der Waals surface area contributed by atoms with Crippen molar-refractivity contribution >= 4 is 17.5 Å². The van der Waals surface area contributed by atoms with Crippen LogP contribution in [0.1, 0.15) is 18.4 Å². The Morgan fingerprint density at radius 1 is 1.44 bits per heavy atom. The molecule has 0 fully saturated rings. The van der Waals surface area contributed by atoms with Gasteiger partial charge in [-0.05, 0) is 31.5 Å². The molecular formula is C12H15ClN2O. The Bertz CT molecular complexity index is 392. The Labute approximate surface area is 100 Å². The fourth-order valence-corrected chi connectivity index (χ4v) is 1.91. The van der Waals surface area contributed by atoms with Gasteiger partial charge in [-0.15, -0.1) is 0 Å². The molecule has 1 aromatic carbocycles. The topological polar surface area (TPSA) is 47.6 Å². The van der Waals surface area contributed by atoms with Crippen molar-refractivity contribution < 1.29 is 4.74 Å². The quantitative estimate of drug-likeness (QED) is 0.875. The van der Waals surface area contributed by atoms with E-state index in [1.54, 1.807) is 0 Å². The van der Waals surface area contributed by atoms with Gasteiger partial charge < -0.3 is 10.5 Å². The number of aliphatic imine (C=N–C) groups is 1. The van der Waals surface area contributed by atoms with E-state index in [0.717, 1.165) is 18.4 Å². The molecule has 2 N–H and O–H groups in total. The summed E-state index contributed by atoms with van der Waals surface area (Å²) >= 11 is 6.08. The van der Waals surface area contributed by atoms with Crippen LogP contribution in [0.5, 0.6) is 0 Å². The third kappa shape index (κ3) is 2.54. The van der Waals surface area contributed by atoms with Crippen LogP contribution in [0.25, 0.3) is 0 Å². The van der Waals surface area contributed by atoms with Crippen LogP contribution in [-0.2, 0) is 4.74 Å². The number of rotatable bonds is 4. The zero-order valence-corrected chi connectivity index (χ0v) is 9.78. The smallest absolute Gasteiger partial charge is 0.218 e. The summed E-state index contributed by atoms with van der Waals surface area (Å²) in [7, 11) is 0. The highest BCUT2D eigenvalue weighted by Crippen LogP contribution is 2.21. The van der Waals surface area contributed by atoms with Gasteiger partial charge in [-0.1, -0.05) is 23.7 Å². The van der Waals surface area contributed by atoms with Gasteiger partial charge in [-0.25, -0.2) is 4.99 Å². The maximum Gasteiger partial charge on any atom is 0.218 e. The molecule has 0 radical (unpaired) electrons. The van der Waals surface area contributed by atoms with Crippen molar-refractivity contribution in [3.05, 3.63) is 34.9 Å². The molecule has 0 aliphatic carbocycles. The number of nitrogens with zero attached hydrogens (tertiary/aromatic N) is 1. The fraction of sp³-hybridized carbons (Fsp3) is 0.417. The lowest BCUT2D eigenvalue weighted by Crippen LogP contribution is -2.15. The van der Waals surface area contributed by atoms with Gasteiger partial charge in [0.25, 0.3) is 0 Å². The molecule has 3 nitrogen and oxygen atoms in total. The summed E-state index contributed by atoms with van der Waals surface area (Å²) in [6.45, 7) is 1.40. The first-order valence-electron chi connectivity index (χ1n) is 5.47. The van der Waals surface area contributed by atoms with E-state index in [2.05, 4.69) is 4.99 Å². The minimum absolute atomic E-state index is 0.162. The molecule has 0 spiro atoms. The summed E-state index contributed by atoms with van der Waals surface area (Å²) < 4.78 is 5.74. The van der Waals surface area contributed by atoms with Crippen molar-refractivity contribution in [1.29, 1.82) is 0 Å². The molecule has 0 amide bonds. The first-order chi connectivity index (χ1) is 7.81. The van der Waals surface area contributed by atoms with Crippen LogP contribution >= 0.6 is 11.6 Å². The fourth-order valence-electron chi connectivity index (χ4n) is 1.70. The van der Waals surface area contributed by atoms with E-state index < -0.39 is 0 Å². The molecule has 0 bridgehead atoms. The highest BCUT2D eigenvalue weighted by atomic mass is 35.5. The SMILES string of the molecule is NCCCC1CN=C(c2ccccc2Cl)O1. The van der Waals surface area contributed by atoms with Crippen molar-refractivity contribution in [2.45, 2.75) is 18.9 Å². The lowest BCUT2D eigenvalue weighted by atomic mass is 10.2. The second-order valence-electron chi connectivity index (χ2n) is 3.80. The average molecular weight is 239 g/mol. The van der Waals surface area contributed by atoms with Crippen molar-refractivity contribution in [2.75, 3.05) is 13.1 Å². The Morgan fingerprint density at radius 3 is 3.00 bits per heavy atom. The van der Waals surface area contributed by atoms with Crippen molar-refractivity contribution in [3.63, 3.8) is 0 Å². The summed E-state index contributed by atoms with van der Waals surface area (Å²) in [5.74, 6) is 0.660. The molecule has 0 saturated heterocycles. The summed E-state index contributed by atoms with van der Waals surface area (Å²) in [4.78, 5) is 4.37. The molecule has 1 aromatic rings. The van der Waals surface area contributed by atoms with Gasteiger partial charge in [0.1, 0.15) is 6.10 Å². The normalized spacial score (nSPS) is 19.4. The summed E-state index contributed by atoms with van der Waals surface area (Å²) in [6, 6.07) is 7.59. The van der Waals surface area contributed by atoms with Gasteiger partial charge in [-0.2, -0.15) is 0 Å². The highest BCUT2D eigenvalue weighted by Gasteiger charge is 2.21. The van der Waals surface area contributed by atoms with Crippen molar-refractivity contribution in [3.8, 4) is 0 Å². The van der Waals surface area contributed by atoms with Crippen LogP contribution in [0.2, 0.25) is 5.02 Å². The molecular weight excluding hydrogens is 224 g/mol. The highest BCUT2D eigenvalue weighted by molar-refractivity contribution is 6.33. The molecule has 1 aliphatic rings. The number of benzene rings is 1. The number of nitrogens with two attached hydrogens (primary N) is 1. The zero-order chi connectivity index (χ0) is 11.4. The van der Waals surface area contributed by atoms with Crippen LogP contribution in [0, 0.1) is 0 Å². The van der Waals surface area contributed by atoms with E-state index >= 15 is 0 Å². The maximum absolute atomic E-state index is 6.08. The summed E-state index contributed by atoms with van der Waals surface area (Å²) in [6.07, 6.45) is 2.08. The molecule has 1 heterocycles. The molecule has 0 aromatic heterocycles. The Morgan fingerprint density at radius 2 is 2.25 bits per heavy atom. The Balaban J connectivity index is 2.01. The monoisotopic (exact) mass is 238 g/mol. The van der Waals surface area contributed by atoms with Gasteiger partial charge in [0, 0.05) is 0 Å². The third-order valence-electron chi connectivity index (χ3n) is 2.55. The van der Waals surface area contributed by atoms with Gasteiger partial charge in [0.15, 0.2) is 0 Å². The molecule has 86 valence electrons. The predicted molar refractivity (Wildman–Crippen MR) is 66.0 cm³/mol. The van der Waals surface area contributed by atoms with E-state index in [1.165, 1.54) is 0 Å². The molecule has 2 rings (SSSR count). The Kier molecular flexibility index (Phi) is 3.80. The second kappa shape index (κ2) is 5.32. The largest absolute Gasteiger partial charge is 0.472 e. The first-order valence-corrected chi connectivity index (χ1v) is 5.85. The zero-order valence-electron chi connectivity index (χ0n) is 9.03. The third-order valence-corrected chi connectivity index (χ3v) is 2.88. The lowest BCUT2D eigenvalue weighted by molar-refractivity contribution is 0.211. The maximum atomic E-state index is 6.08. The van der Waals surface area contributed by atoms with E-state index in [4.69, 9.17) is 22.1 Å². The molecule has 0 saturated carbocycles. The number of hydrogen-bond acceptors (Lipinski definition) is 3. The minimum atomic E-state index is 0.162. The van der Waals surface area contributed by atoms with Gasteiger partial charge in [0.05, 0.1) is 17.1 Å². The van der Waals surface area contributed by atoms with Crippen molar-refractivity contribution in [1.82, 2.24) is 0 Å². The van der Waals surface area contributed by atoms with Crippen LogP contribution in [0.4, 0.5) is 0 Å². The van der Waals surface area contributed by atoms with Crippen LogP contribution < -0.4 is 5.73 Å². The molecule has 1 unspecified atom stereocenters. The Hall–Kier alpha value is -1.06. The van der Waals surface area contributed by atoms with E-state index in [0.29, 0.717) is 24.0 Å². The van der Waals surface area contributed by atoms with Gasteiger partial charge >= 0.3 is 0 Å². The number of ether oxygens (including phenoxy) is 1. The first kappa shape index (κ1) is 11.4. The standard InChI is InChI=1S/C12H15ClN2O/c13-11-6-2-1-5-10(11)12-15-8-9(16-12)4-3-7-14/h1-2,5-6,9H,3-4,7-8,14H2. The van der Waals surface area contributed by atoms with E-state index in [9.17, 15) is 0 Å². The van der Waals surface area contributed by atoms with Crippen molar-refractivity contribution in [2.24, 2.45) is 10.7 Å². The van der Waals surface area contributed by atoms with Gasteiger partial charge in [-0.3, -0.25) is 0 Å². The lowest BCUT2D eigenvalue weighted by Gasteiger charge is -2.10. The number of halogens is 1. The van der Waals surface area contributed by atoms with E-state index in [-0.39, 0.29) is 6.10 Å². The van der Waals surface area contributed by atoms with Crippen LogP contribution in [-0.4, -0.2) is 25.1 Å². The predicted octanol–water partition coefficient (Wildman–Crippen LogP) is 2.22. The minimum Gasteiger partial charge on any atom is -0.472 e. The summed E-state index contributed by atoms with van der Waals surface area (Å²) in [5, 5.41) is 0.681. The summed E-state index contributed by atoms with van der Waals surface area (Å²) in [5.41, 5.74) is 6.34. The number of hydrogen-bond donors (Lipinski definition) is 1. The molecule has 1 aliphatic heterocycles. The molecule has 4 heteroatoms. The van der Waals surface area contributed by atoms with E-state index in [1.807, 2.05) is 24.3 Å².